The van der Waals surface area contributed by atoms with Crippen LogP contribution in [0, 0.1) is 5.92 Å². The van der Waals surface area contributed by atoms with Gasteiger partial charge in [-0.2, -0.15) is 0 Å². The number of unbranched alkanes of at least 4 members (excludes halogenated alkanes) is 11. The van der Waals surface area contributed by atoms with Crippen molar-refractivity contribution < 1.29 is 19.1 Å². The summed E-state index contributed by atoms with van der Waals surface area (Å²) < 4.78 is 10.2. The molecule has 0 heterocycles. The summed E-state index contributed by atoms with van der Waals surface area (Å²) in [5.74, 6) is -0.459. The summed E-state index contributed by atoms with van der Waals surface area (Å²) in [6.07, 6.45) is 16.1. The second-order valence-corrected chi connectivity index (χ2v) is 7.81. The van der Waals surface area contributed by atoms with Crippen molar-refractivity contribution in [2.75, 3.05) is 13.2 Å². The number of hydrogen-bond donors (Lipinski definition) is 1. The highest BCUT2D eigenvalue weighted by atomic mass is 16.6. The van der Waals surface area contributed by atoms with Gasteiger partial charge in [-0.05, 0) is 12.3 Å². The van der Waals surface area contributed by atoms with Gasteiger partial charge in [0.2, 0.25) is 0 Å². The quantitative estimate of drug-likeness (QED) is 0.171. The van der Waals surface area contributed by atoms with E-state index in [-0.39, 0.29) is 12.5 Å². The molecule has 0 fully saturated rings. The van der Waals surface area contributed by atoms with Gasteiger partial charge >= 0.3 is 12.1 Å². The average molecular weight is 398 g/mol. The van der Waals surface area contributed by atoms with E-state index >= 15 is 0 Å². The zero-order chi connectivity index (χ0) is 21.0. The third-order valence-corrected chi connectivity index (χ3v) is 4.77. The first-order valence-electron chi connectivity index (χ1n) is 11.2. The molecule has 0 aromatic rings. The maximum absolute atomic E-state index is 12.2. The second kappa shape index (κ2) is 18.8. The predicted molar refractivity (Wildman–Crippen MR) is 115 cm³/mol. The summed E-state index contributed by atoms with van der Waals surface area (Å²) in [4.78, 5) is 23.8. The Labute approximate surface area is 172 Å². The molecule has 1 N–H and O–H groups in total. The highest BCUT2D eigenvalue weighted by Crippen LogP contribution is 2.12. The minimum atomic E-state index is -0.686. The lowest BCUT2D eigenvalue weighted by Gasteiger charge is -2.20. The summed E-state index contributed by atoms with van der Waals surface area (Å²) in [6.45, 7) is 9.99. The molecule has 0 aliphatic heterocycles. The predicted octanol–water partition coefficient (Wildman–Crippen LogP) is 6.17. The fourth-order valence-corrected chi connectivity index (χ4v) is 3.01. The zero-order valence-electron chi connectivity index (χ0n) is 18.5. The number of hydrogen-bond acceptors (Lipinski definition) is 4. The van der Waals surface area contributed by atoms with Crippen LogP contribution in [0.5, 0.6) is 0 Å². The highest BCUT2D eigenvalue weighted by Gasteiger charge is 2.26. The van der Waals surface area contributed by atoms with E-state index in [0.29, 0.717) is 6.61 Å². The molecule has 28 heavy (non-hydrogen) atoms. The van der Waals surface area contributed by atoms with Crippen molar-refractivity contribution in [1.29, 1.82) is 0 Å². The first-order chi connectivity index (χ1) is 13.5. The molecule has 0 saturated carbocycles. The minimum absolute atomic E-state index is 0.0641. The van der Waals surface area contributed by atoms with Gasteiger partial charge < -0.3 is 14.8 Å². The lowest BCUT2D eigenvalue weighted by Crippen LogP contribution is -2.45. The minimum Gasteiger partial charge on any atom is -0.464 e. The van der Waals surface area contributed by atoms with Crippen molar-refractivity contribution in [3.8, 4) is 0 Å². The van der Waals surface area contributed by atoms with Crippen LogP contribution in [0.4, 0.5) is 4.79 Å². The molecule has 1 unspecified atom stereocenters. The number of nitrogens with one attached hydrogen (secondary N) is 1. The molecule has 1 atom stereocenters. The fraction of sp³-hybridized carbons (Fsp3) is 0.826. The smallest absolute Gasteiger partial charge is 0.408 e. The van der Waals surface area contributed by atoms with Crippen molar-refractivity contribution in [2.24, 2.45) is 5.92 Å². The fourth-order valence-electron chi connectivity index (χ4n) is 3.01. The van der Waals surface area contributed by atoms with Crippen LogP contribution < -0.4 is 5.32 Å². The van der Waals surface area contributed by atoms with E-state index in [1.807, 2.05) is 13.8 Å². The van der Waals surface area contributed by atoms with E-state index in [4.69, 9.17) is 9.47 Å². The summed E-state index contributed by atoms with van der Waals surface area (Å²) >= 11 is 0. The zero-order valence-corrected chi connectivity index (χ0v) is 18.5. The third kappa shape index (κ3) is 15.5. The van der Waals surface area contributed by atoms with Gasteiger partial charge in [0, 0.05) is 0 Å². The Balaban J connectivity index is 3.67. The Bertz CT molecular complexity index is 409. The Morgan fingerprint density at radius 1 is 0.857 bits per heavy atom. The summed E-state index contributed by atoms with van der Waals surface area (Å²) in [6, 6.07) is -0.686. The largest absolute Gasteiger partial charge is 0.464 e. The molecule has 164 valence electrons. The standard InChI is InChI=1S/C23H43NO4/c1-5-7-8-9-10-11-12-13-14-15-16-17-19-27-22(25)21(20(3)4)24-23(26)28-18-6-2/h6,20-21H,2,5,7-19H2,1,3-4H3,(H,24,26). The van der Waals surface area contributed by atoms with Crippen molar-refractivity contribution in [1.82, 2.24) is 5.32 Å². The average Bonchev–Trinajstić information content (AvgIpc) is 2.67. The number of esters is 1. The first-order valence-corrected chi connectivity index (χ1v) is 11.2. The lowest BCUT2D eigenvalue weighted by atomic mass is 10.0. The molecule has 0 radical (unpaired) electrons. The lowest BCUT2D eigenvalue weighted by molar-refractivity contribution is -0.147. The normalized spacial score (nSPS) is 11.9. The third-order valence-electron chi connectivity index (χ3n) is 4.77. The monoisotopic (exact) mass is 397 g/mol. The highest BCUT2D eigenvalue weighted by molar-refractivity contribution is 5.81. The van der Waals surface area contributed by atoms with E-state index in [2.05, 4.69) is 18.8 Å². The summed E-state index contributed by atoms with van der Waals surface area (Å²) in [5, 5.41) is 2.56. The second-order valence-electron chi connectivity index (χ2n) is 7.81. The maximum Gasteiger partial charge on any atom is 0.408 e. The molecule has 0 aromatic carbocycles. The molecule has 5 nitrogen and oxygen atoms in total. The van der Waals surface area contributed by atoms with Gasteiger partial charge in [-0.25, -0.2) is 9.59 Å². The van der Waals surface area contributed by atoms with Gasteiger partial charge in [-0.1, -0.05) is 104 Å². The van der Waals surface area contributed by atoms with Crippen molar-refractivity contribution in [3.05, 3.63) is 12.7 Å². The Morgan fingerprint density at radius 2 is 1.36 bits per heavy atom. The molecule has 0 saturated heterocycles. The van der Waals surface area contributed by atoms with Crippen molar-refractivity contribution >= 4 is 12.1 Å². The molecular formula is C23H43NO4. The molecule has 1 amide bonds. The summed E-state index contributed by atoms with van der Waals surface area (Å²) in [7, 11) is 0. The molecule has 0 rings (SSSR count). The van der Waals surface area contributed by atoms with E-state index in [0.717, 1.165) is 12.8 Å². The number of amides is 1. The van der Waals surface area contributed by atoms with Crippen LogP contribution in [0.1, 0.15) is 97.8 Å². The van der Waals surface area contributed by atoms with Crippen molar-refractivity contribution in [2.45, 2.75) is 104 Å². The van der Waals surface area contributed by atoms with Gasteiger partial charge in [-0.3, -0.25) is 0 Å². The Morgan fingerprint density at radius 3 is 1.82 bits per heavy atom. The molecule has 5 heteroatoms. The van der Waals surface area contributed by atoms with Gasteiger partial charge in [0.05, 0.1) is 6.61 Å². The topological polar surface area (TPSA) is 64.6 Å². The van der Waals surface area contributed by atoms with E-state index in [1.54, 1.807) is 0 Å². The van der Waals surface area contributed by atoms with Crippen LogP contribution in [-0.2, 0) is 14.3 Å². The number of alkyl carbamates (subject to hydrolysis) is 1. The molecule has 0 aliphatic rings. The van der Waals surface area contributed by atoms with Gasteiger partial charge in [-0.15, -0.1) is 0 Å². The van der Waals surface area contributed by atoms with E-state index in [9.17, 15) is 9.59 Å². The van der Waals surface area contributed by atoms with Crippen LogP contribution in [0.15, 0.2) is 12.7 Å². The molecule has 0 spiro atoms. The summed E-state index contributed by atoms with van der Waals surface area (Å²) in [5.41, 5.74) is 0. The van der Waals surface area contributed by atoms with Crippen LogP contribution in [0.3, 0.4) is 0 Å². The molecule has 0 aliphatic carbocycles. The van der Waals surface area contributed by atoms with Gasteiger partial charge in [0.25, 0.3) is 0 Å². The van der Waals surface area contributed by atoms with Crippen molar-refractivity contribution in [3.63, 3.8) is 0 Å². The van der Waals surface area contributed by atoms with Gasteiger partial charge in [0.1, 0.15) is 12.6 Å². The Hall–Kier alpha value is -1.52. The van der Waals surface area contributed by atoms with Gasteiger partial charge in [0.15, 0.2) is 0 Å². The molecule has 0 aromatic heterocycles. The first kappa shape index (κ1) is 26.5. The number of rotatable bonds is 18. The van der Waals surface area contributed by atoms with Crippen LogP contribution in [0.25, 0.3) is 0 Å². The van der Waals surface area contributed by atoms with E-state index < -0.39 is 18.1 Å². The SMILES string of the molecule is C=CCOC(=O)NC(C(=O)OCCCCCCCCCCCCCC)C(C)C. The van der Waals surface area contributed by atoms with Crippen LogP contribution >= 0.6 is 0 Å². The maximum atomic E-state index is 12.2. The Kier molecular flexibility index (Phi) is 17.8. The molecule has 0 bridgehead atoms. The number of ether oxygens (including phenoxy) is 2. The van der Waals surface area contributed by atoms with E-state index in [1.165, 1.54) is 70.3 Å². The van der Waals surface area contributed by atoms with Crippen LogP contribution in [0.2, 0.25) is 0 Å². The molecular weight excluding hydrogens is 354 g/mol. The number of carbonyl (C=O) groups is 2. The van der Waals surface area contributed by atoms with Crippen LogP contribution in [-0.4, -0.2) is 31.3 Å². The number of carbonyl (C=O) groups excluding carboxylic acids is 2.